The second-order valence-corrected chi connectivity index (χ2v) is 6.24. The van der Waals surface area contributed by atoms with Gasteiger partial charge >= 0.3 is 5.97 Å². The summed E-state index contributed by atoms with van der Waals surface area (Å²) in [5, 5.41) is 3.14. The minimum absolute atomic E-state index is 0.0837. The van der Waals surface area contributed by atoms with Crippen LogP contribution in [0.25, 0.3) is 17.8 Å². The summed E-state index contributed by atoms with van der Waals surface area (Å²) < 4.78 is 7.82. The normalized spacial score (nSPS) is 11.1. The SMILES string of the molecule is CCOC(=O)CNc1c(/C=C/c2ccccc2)nc2ccc(Br)cn12. The molecule has 0 radical (unpaired) electrons. The zero-order valence-corrected chi connectivity index (χ0v) is 15.4. The number of esters is 1. The van der Waals surface area contributed by atoms with E-state index in [-0.39, 0.29) is 12.5 Å². The molecule has 0 aliphatic heterocycles. The fourth-order valence-electron chi connectivity index (χ4n) is 2.44. The summed E-state index contributed by atoms with van der Waals surface area (Å²) in [4.78, 5) is 16.3. The summed E-state index contributed by atoms with van der Waals surface area (Å²) in [6.07, 6.45) is 5.84. The van der Waals surface area contributed by atoms with Crippen LogP contribution < -0.4 is 5.32 Å². The Morgan fingerprint density at radius 1 is 1.24 bits per heavy atom. The molecule has 0 aliphatic rings. The van der Waals surface area contributed by atoms with Crippen molar-refractivity contribution in [1.29, 1.82) is 0 Å². The molecule has 0 saturated heterocycles. The molecule has 5 nitrogen and oxygen atoms in total. The van der Waals surface area contributed by atoms with Gasteiger partial charge in [0.15, 0.2) is 0 Å². The maximum atomic E-state index is 11.7. The van der Waals surface area contributed by atoms with Crippen LogP contribution in [-0.4, -0.2) is 28.5 Å². The van der Waals surface area contributed by atoms with Crippen molar-refractivity contribution >= 4 is 45.5 Å². The Morgan fingerprint density at radius 2 is 2.04 bits per heavy atom. The highest BCUT2D eigenvalue weighted by Gasteiger charge is 2.12. The molecular weight excluding hydrogens is 382 g/mol. The average Bonchev–Trinajstić information content (AvgIpc) is 2.96. The lowest BCUT2D eigenvalue weighted by molar-refractivity contribution is -0.140. The number of nitrogens with zero attached hydrogens (tertiary/aromatic N) is 2. The first-order valence-corrected chi connectivity index (χ1v) is 8.77. The van der Waals surface area contributed by atoms with Gasteiger partial charge < -0.3 is 10.1 Å². The topological polar surface area (TPSA) is 55.6 Å². The molecule has 3 aromatic rings. The third-order valence-corrected chi connectivity index (χ3v) is 4.02. The van der Waals surface area contributed by atoms with Gasteiger partial charge in [0.1, 0.15) is 23.7 Å². The Labute approximate surface area is 154 Å². The Bertz CT molecular complexity index is 904. The minimum Gasteiger partial charge on any atom is -0.465 e. The zero-order chi connectivity index (χ0) is 17.6. The van der Waals surface area contributed by atoms with Crippen molar-refractivity contribution in [2.45, 2.75) is 6.92 Å². The first-order chi connectivity index (χ1) is 12.2. The molecule has 3 rings (SSSR count). The molecule has 0 atom stereocenters. The molecule has 128 valence electrons. The highest BCUT2D eigenvalue weighted by atomic mass is 79.9. The minimum atomic E-state index is -0.301. The van der Waals surface area contributed by atoms with Crippen molar-refractivity contribution in [3.05, 3.63) is 64.4 Å². The lowest BCUT2D eigenvalue weighted by Crippen LogP contribution is -2.18. The van der Waals surface area contributed by atoms with Gasteiger partial charge in [-0.3, -0.25) is 9.20 Å². The molecule has 25 heavy (non-hydrogen) atoms. The molecule has 0 amide bonds. The van der Waals surface area contributed by atoms with E-state index in [0.717, 1.165) is 27.2 Å². The number of hydrogen-bond acceptors (Lipinski definition) is 4. The monoisotopic (exact) mass is 399 g/mol. The largest absolute Gasteiger partial charge is 0.465 e. The maximum absolute atomic E-state index is 11.7. The zero-order valence-electron chi connectivity index (χ0n) is 13.8. The van der Waals surface area contributed by atoms with E-state index in [2.05, 4.69) is 26.2 Å². The first kappa shape index (κ1) is 17.2. The number of fused-ring (bicyclic) bond motifs is 1. The predicted octanol–water partition coefficient (Wildman–Crippen LogP) is 4.24. The number of benzene rings is 1. The van der Waals surface area contributed by atoms with E-state index in [1.54, 1.807) is 6.92 Å². The molecule has 0 bridgehead atoms. The van der Waals surface area contributed by atoms with Gasteiger partial charge in [0.2, 0.25) is 0 Å². The van der Waals surface area contributed by atoms with E-state index in [9.17, 15) is 4.79 Å². The number of ether oxygens (including phenoxy) is 1. The lowest BCUT2D eigenvalue weighted by atomic mass is 10.2. The Kier molecular flexibility index (Phi) is 5.50. The number of halogens is 1. The van der Waals surface area contributed by atoms with Crippen molar-refractivity contribution in [3.63, 3.8) is 0 Å². The van der Waals surface area contributed by atoms with Crippen LogP contribution in [0.2, 0.25) is 0 Å². The standard InChI is InChI=1S/C19H18BrN3O2/c1-2-25-18(24)12-21-19-16(10-8-14-6-4-3-5-7-14)22-17-11-9-15(20)13-23(17)19/h3-11,13,21H,2,12H2,1H3/b10-8+. The van der Waals surface area contributed by atoms with Gasteiger partial charge in [-0.2, -0.15) is 0 Å². The van der Waals surface area contributed by atoms with Crippen molar-refractivity contribution in [2.75, 3.05) is 18.5 Å². The lowest BCUT2D eigenvalue weighted by Gasteiger charge is -2.07. The molecular formula is C19H18BrN3O2. The van der Waals surface area contributed by atoms with Gasteiger partial charge in [-0.05, 0) is 46.6 Å². The Hall–Kier alpha value is -2.60. The predicted molar refractivity (Wildman–Crippen MR) is 103 cm³/mol. The number of rotatable bonds is 6. The van der Waals surface area contributed by atoms with Crippen LogP contribution >= 0.6 is 15.9 Å². The second kappa shape index (κ2) is 7.98. The number of aromatic nitrogens is 2. The van der Waals surface area contributed by atoms with E-state index in [4.69, 9.17) is 4.74 Å². The average molecular weight is 400 g/mol. The van der Waals surface area contributed by atoms with Gasteiger partial charge in [0.05, 0.1) is 6.61 Å². The summed E-state index contributed by atoms with van der Waals surface area (Å²) in [5.41, 5.74) is 2.63. The van der Waals surface area contributed by atoms with Crippen LogP contribution in [0.5, 0.6) is 0 Å². The molecule has 0 unspecified atom stereocenters. The quantitative estimate of drug-likeness (QED) is 0.629. The fourth-order valence-corrected chi connectivity index (χ4v) is 2.77. The number of nitrogens with one attached hydrogen (secondary N) is 1. The summed E-state index contributed by atoms with van der Waals surface area (Å²) in [6, 6.07) is 13.8. The van der Waals surface area contributed by atoms with Crippen molar-refractivity contribution < 1.29 is 9.53 Å². The molecule has 1 aromatic carbocycles. The van der Waals surface area contributed by atoms with Crippen molar-refractivity contribution in [2.24, 2.45) is 0 Å². The smallest absolute Gasteiger partial charge is 0.325 e. The summed E-state index contributed by atoms with van der Waals surface area (Å²) >= 11 is 3.47. The van der Waals surface area contributed by atoms with Crippen LogP contribution in [0.15, 0.2) is 53.1 Å². The molecule has 0 fully saturated rings. The highest BCUT2D eigenvalue weighted by Crippen LogP contribution is 2.23. The van der Waals surface area contributed by atoms with E-state index >= 15 is 0 Å². The third-order valence-electron chi connectivity index (χ3n) is 3.55. The van der Waals surface area contributed by atoms with Gasteiger partial charge in [-0.25, -0.2) is 4.98 Å². The molecule has 0 spiro atoms. The number of carbonyl (C=O) groups excluding carboxylic acids is 1. The van der Waals surface area contributed by atoms with Crippen LogP contribution in [0.3, 0.4) is 0 Å². The van der Waals surface area contributed by atoms with Gasteiger partial charge in [-0.15, -0.1) is 0 Å². The molecule has 2 aromatic heterocycles. The molecule has 0 aliphatic carbocycles. The highest BCUT2D eigenvalue weighted by molar-refractivity contribution is 9.10. The van der Waals surface area contributed by atoms with Crippen LogP contribution in [0.4, 0.5) is 5.82 Å². The number of anilines is 1. The van der Waals surface area contributed by atoms with E-state index < -0.39 is 0 Å². The van der Waals surface area contributed by atoms with Crippen LogP contribution in [0, 0.1) is 0 Å². The van der Waals surface area contributed by atoms with Gasteiger partial charge in [0.25, 0.3) is 0 Å². The maximum Gasteiger partial charge on any atom is 0.325 e. The van der Waals surface area contributed by atoms with Gasteiger partial charge in [-0.1, -0.05) is 36.4 Å². The van der Waals surface area contributed by atoms with Crippen LogP contribution in [0.1, 0.15) is 18.2 Å². The summed E-state index contributed by atoms with van der Waals surface area (Å²) in [6.45, 7) is 2.23. The number of carbonyl (C=O) groups is 1. The van der Waals surface area contributed by atoms with Crippen molar-refractivity contribution in [3.8, 4) is 0 Å². The van der Waals surface area contributed by atoms with Gasteiger partial charge in [0, 0.05) is 10.7 Å². The summed E-state index contributed by atoms with van der Waals surface area (Å²) in [7, 11) is 0. The molecule has 0 saturated carbocycles. The van der Waals surface area contributed by atoms with Crippen LogP contribution in [-0.2, 0) is 9.53 Å². The van der Waals surface area contributed by atoms with E-state index in [0.29, 0.717) is 6.61 Å². The molecule has 2 heterocycles. The van der Waals surface area contributed by atoms with Crippen molar-refractivity contribution in [1.82, 2.24) is 9.38 Å². The number of pyridine rings is 1. The second-order valence-electron chi connectivity index (χ2n) is 5.32. The molecule has 6 heteroatoms. The Morgan fingerprint density at radius 3 is 2.80 bits per heavy atom. The number of hydrogen-bond donors (Lipinski definition) is 1. The third kappa shape index (κ3) is 4.28. The molecule has 1 N–H and O–H groups in total. The summed E-state index contributed by atoms with van der Waals surface area (Å²) in [5.74, 6) is 0.446. The Balaban J connectivity index is 1.94. The fraction of sp³-hybridized carbons (Fsp3) is 0.158. The van der Waals surface area contributed by atoms with E-state index in [1.807, 2.05) is 65.2 Å². The van der Waals surface area contributed by atoms with E-state index in [1.165, 1.54) is 0 Å². The first-order valence-electron chi connectivity index (χ1n) is 7.97. The number of imidazole rings is 1.